The Morgan fingerprint density at radius 3 is 2.96 bits per heavy atom. The molecule has 0 atom stereocenters. The van der Waals surface area contributed by atoms with E-state index in [0.29, 0.717) is 6.42 Å². The number of fused-ring (bicyclic) bond motifs is 1. The molecule has 23 heavy (non-hydrogen) atoms. The summed E-state index contributed by atoms with van der Waals surface area (Å²) in [5, 5.41) is 6.62. The molecule has 4 rings (SSSR count). The molecule has 0 saturated heterocycles. The Morgan fingerprint density at radius 2 is 2.09 bits per heavy atom. The number of nitrogens with one attached hydrogen (secondary N) is 1. The summed E-state index contributed by atoms with van der Waals surface area (Å²) in [6.07, 6.45) is 1.51. The minimum absolute atomic E-state index is 0.142. The maximum Gasteiger partial charge on any atom is 0.128 e. The van der Waals surface area contributed by atoms with Crippen molar-refractivity contribution in [1.29, 1.82) is 0 Å². The van der Waals surface area contributed by atoms with Crippen LogP contribution in [0.2, 0.25) is 0 Å². The highest BCUT2D eigenvalue weighted by atomic mass is 32.1. The number of aryl methyl sites for hydroxylation is 1. The van der Waals surface area contributed by atoms with E-state index in [0.717, 1.165) is 36.5 Å². The molecule has 0 aliphatic carbocycles. The van der Waals surface area contributed by atoms with Crippen LogP contribution in [-0.2, 0) is 12.8 Å². The van der Waals surface area contributed by atoms with E-state index in [1.807, 2.05) is 6.07 Å². The lowest BCUT2D eigenvalue weighted by atomic mass is 9.98. The van der Waals surface area contributed by atoms with Crippen molar-refractivity contribution < 1.29 is 4.39 Å². The van der Waals surface area contributed by atoms with Crippen LogP contribution in [0.1, 0.15) is 16.7 Å². The normalized spacial score (nSPS) is 14.0. The first-order valence-electron chi connectivity index (χ1n) is 7.83. The number of hydrogen-bond donors (Lipinski definition) is 1. The standard InChI is InChI=1S/C19H17FN2S/c20-17-3-1-2-16(19-21-9-10-22-19)15(17)7-5-13-4-6-14-8-11-23-18(14)12-13/h1-4,6,8,11-12H,5,7,9-10H2,(H,21,22). The summed E-state index contributed by atoms with van der Waals surface area (Å²) in [6.45, 7) is 1.60. The Balaban J connectivity index is 1.60. The number of thiophene rings is 1. The van der Waals surface area contributed by atoms with Gasteiger partial charge in [-0.05, 0) is 52.9 Å². The van der Waals surface area contributed by atoms with Crippen molar-refractivity contribution in [2.75, 3.05) is 13.1 Å². The van der Waals surface area contributed by atoms with Gasteiger partial charge in [0.25, 0.3) is 0 Å². The van der Waals surface area contributed by atoms with E-state index in [9.17, 15) is 4.39 Å². The Hall–Kier alpha value is -2.20. The largest absolute Gasteiger partial charge is 0.368 e. The lowest BCUT2D eigenvalue weighted by Crippen LogP contribution is -2.21. The number of amidine groups is 1. The molecule has 0 radical (unpaired) electrons. The van der Waals surface area contributed by atoms with E-state index >= 15 is 0 Å². The van der Waals surface area contributed by atoms with Crippen molar-refractivity contribution in [2.45, 2.75) is 12.8 Å². The molecule has 2 nitrogen and oxygen atoms in total. The van der Waals surface area contributed by atoms with Crippen molar-refractivity contribution in [2.24, 2.45) is 4.99 Å². The molecule has 0 bridgehead atoms. The number of rotatable bonds is 4. The Kier molecular flexibility index (Phi) is 3.83. The van der Waals surface area contributed by atoms with Crippen molar-refractivity contribution in [3.05, 3.63) is 70.4 Å². The van der Waals surface area contributed by atoms with Crippen LogP contribution in [0, 0.1) is 5.82 Å². The van der Waals surface area contributed by atoms with Gasteiger partial charge in [-0.25, -0.2) is 4.39 Å². The number of nitrogens with zero attached hydrogens (tertiary/aromatic N) is 1. The van der Waals surface area contributed by atoms with Gasteiger partial charge in [-0.2, -0.15) is 0 Å². The van der Waals surface area contributed by atoms with Crippen LogP contribution in [0.3, 0.4) is 0 Å². The van der Waals surface area contributed by atoms with E-state index in [4.69, 9.17) is 0 Å². The third-order valence-electron chi connectivity index (χ3n) is 4.23. The van der Waals surface area contributed by atoms with Crippen molar-refractivity contribution in [1.82, 2.24) is 5.32 Å². The second-order valence-corrected chi connectivity index (χ2v) is 6.66. The first-order valence-corrected chi connectivity index (χ1v) is 8.71. The fraction of sp³-hybridized carbons (Fsp3) is 0.211. The van der Waals surface area contributed by atoms with Crippen LogP contribution in [0.25, 0.3) is 10.1 Å². The Labute approximate surface area is 138 Å². The maximum atomic E-state index is 14.3. The van der Waals surface area contributed by atoms with Gasteiger partial charge in [-0.1, -0.05) is 24.3 Å². The number of halogens is 1. The monoisotopic (exact) mass is 324 g/mol. The highest BCUT2D eigenvalue weighted by molar-refractivity contribution is 7.17. The SMILES string of the molecule is Fc1cccc(C2=NCCN2)c1CCc1ccc2ccsc2c1. The van der Waals surface area contributed by atoms with E-state index in [1.54, 1.807) is 17.4 Å². The topological polar surface area (TPSA) is 24.4 Å². The molecular formula is C19H17FN2S. The predicted molar refractivity (Wildman–Crippen MR) is 95.0 cm³/mol. The second-order valence-electron chi connectivity index (χ2n) is 5.72. The first-order chi connectivity index (χ1) is 11.3. The quantitative estimate of drug-likeness (QED) is 0.765. The summed E-state index contributed by atoms with van der Waals surface area (Å²) in [6, 6.07) is 13.9. The summed E-state index contributed by atoms with van der Waals surface area (Å²) in [5.41, 5.74) is 2.90. The minimum Gasteiger partial charge on any atom is -0.368 e. The molecule has 1 aliphatic heterocycles. The van der Waals surface area contributed by atoms with E-state index in [1.165, 1.54) is 21.7 Å². The third-order valence-corrected chi connectivity index (χ3v) is 5.11. The van der Waals surface area contributed by atoms with Gasteiger partial charge in [0.05, 0.1) is 6.54 Å². The molecular weight excluding hydrogens is 307 g/mol. The molecule has 2 heterocycles. The fourth-order valence-corrected chi connectivity index (χ4v) is 3.89. The zero-order valence-electron chi connectivity index (χ0n) is 12.7. The number of hydrogen-bond acceptors (Lipinski definition) is 3. The molecule has 0 amide bonds. The van der Waals surface area contributed by atoms with E-state index < -0.39 is 0 Å². The third kappa shape index (κ3) is 2.86. The van der Waals surface area contributed by atoms with Crippen LogP contribution < -0.4 is 5.32 Å². The Bertz CT molecular complexity index is 882. The average Bonchev–Trinajstić information content (AvgIpc) is 3.24. The van der Waals surface area contributed by atoms with Gasteiger partial charge in [0.15, 0.2) is 0 Å². The summed E-state index contributed by atoms with van der Waals surface area (Å²) in [7, 11) is 0. The van der Waals surface area contributed by atoms with Crippen LogP contribution in [0.4, 0.5) is 4.39 Å². The molecule has 4 heteroatoms. The predicted octanol–water partition coefficient (Wildman–Crippen LogP) is 4.18. The lowest BCUT2D eigenvalue weighted by molar-refractivity contribution is 0.608. The molecule has 0 fully saturated rings. The van der Waals surface area contributed by atoms with Gasteiger partial charge in [0.1, 0.15) is 11.7 Å². The second kappa shape index (κ2) is 6.13. The van der Waals surface area contributed by atoms with Gasteiger partial charge < -0.3 is 5.32 Å². The Morgan fingerprint density at radius 1 is 1.13 bits per heavy atom. The van der Waals surface area contributed by atoms with Crippen LogP contribution in [-0.4, -0.2) is 18.9 Å². The molecule has 0 unspecified atom stereocenters. The molecule has 1 aliphatic rings. The van der Waals surface area contributed by atoms with Gasteiger partial charge in [-0.15, -0.1) is 11.3 Å². The summed E-state index contributed by atoms with van der Waals surface area (Å²) < 4.78 is 15.6. The highest BCUT2D eigenvalue weighted by Gasteiger charge is 2.15. The lowest BCUT2D eigenvalue weighted by Gasteiger charge is -2.11. The van der Waals surface area contributed by atoms with Crippen LogP contribution in [0.15, 0.2) is 52.8 Å². The minimum atomic E-state index is -0.142. The van der Waals surface area contributed by atoms with Gasteiger partial charge in [0.2, 0.25) is 0 Å². The zero-order chi connectivity index (χ0) is 15.6. The smallest absolute Gasteiger partial charge is 0.128 e. The molecule has 1 N–H and O–H groups in total. The zero-order valence-corrected chi connectivity index (χ0v) is 13.5. The molecule has 0 saturated carbocycles. The fourth-order valence-electron chi connectivity index (χ4n) is 3.04. The van der Waals surface area contributed by atoms with Crippen molar-refractivity contribution >= 4 is 27.3 Å². The van der Waals surface area contributed by atoms with Gasteiger partial charge >= 0.3 is 0 Å². The van der Waals surface area contributed by atoms with E-state index in [2.05, 4.69) is 40.0 Å². The first kappa shape index (κ1) is 14.4. The summed E-state index contributed by atoms with van der Waals surface area (Å²) in [5.74, 6) is 0.685. The number of aliphatic imine (C=N–C) groups is 1. The van der Waals surface area contributed by atoms with Gasteiger partial charge in [-0.3, -0.25) is 4.99 Å². The van der Waals surface area contributed by atoms with E-state index in [-0.39, 0.29) is 5.82 Å². The van der Waals surface area contributed by atoms with Crippen molar-refractivity contribution in [3.63, 3.8) is 0 Å². The summed E-state index contributed by atoms with van der Waals surface area (Å²) >= 11 is 1.75. The summed E-state index contributed by atoms with van der Waals surface area (Å²) in [4.78, 5) is 4.44. The molecule has 2 aromatic carbocycles. The molecule has 3 aromatic rings. The van der Waals surface area contributed by atoms with Gasteiger partial charge in [0, 0.05) is 16.8 Å². The molecule has 0 spiro atoms. The van der Waals surface area contributed by atoms with Crippen LogP contribution >= 0.6 is 11.3 Å². The van der Waals surface area contributed by atoms with Crippen LogP contribution in [0.5, 0.6) is 0 Å². The highest BCUT2D eigenvalue weighted by Crippen LogP contribution is 2.23. The number of benzene rings is 2. The van der Waals surface area contributed by atoms with Crippen molar-refractivity contribution in [3.8, 4) is 0 Å². The molecule has 116 valence electrons. The molecule has 1 aromatic heterocycles. The average molecular weight is 324 g/mol. The maximum absolute atomic E-state index is 14.3.